The summed E-state index contributed by atoms with van der Waals surface area (Å²) in [4.78, 5) is 13.8. The van der Waals surface area contributed by atoms with Crippen LogP contribution in [0.3, 0.4) is 0 Å². The minimum Gasteiger partial charge on any atom is -0.372 e. The van der Waals surface area contributed by atoms with Crippen LogP contribution in [-0.4, -0.2) is 49.2 Å². The van der Waals surface area contributed by atoms with E-state index in [4.69, 9.17) is 4.74 Å². The Bertz CT molecular complexity index is 267. The Kier molecular flexibility index (Phi) is 5.22. The molecule has 0 spiro atoms. The zero-order valence-electron chi connectivity index (χ0n) is 10.7. The van der Waals surface area contributed by atoms with E-state index >= 15 is 0 Å². The zero-order valence-corrected chi connectivity index (χ0v) is 11.5. The van der Waals surface area contributed by atoms with E-state index in [0.29, 0.717) is 19.7 Å². The van der Waals surface area contributed by atoms with Crippen molar-refractivity contribution in [1.82, 2.24) is 10.2 Å². The Morgan fingerprint density at radius 2 is 2.18 bits per heavy atom. The highest BCUT2D eigenvalue weighted by Crippen LogP contribution is 2.27. The molecule has 0 atom stereocenters. The first kappa shape index (κ1) is 14.7. The van der Waals surface area contributed by atoms with E-state index in [1.165, 1.54) is 12.8 Å². The van der Waals surface area contributed by atoms with Crippen LogP contribution in [0, 0.1) is 5.92 Å². The second-order valence-corrected chi connectivity index (χ2v) is 5.50. The van der Waals surface area contributed by atoms with Crippen LogP contribution in [0.25, 0.3) is 0 Å². The lowest BCUT2D eigenvalue weighted by atomic mass is 10.1. The fraction of sp³-hybridized carbons (Fsp3) is 0.917. The average Bonchev–Trinajstić information content (AvgIpc) is 3.00. The Morgan fingerprint density at radius 3 is 2.76 bits per heavy atom. The van der Waals surface area contributed by atoms with Gasteiger partial charge in [0.05, 0.1) is 18.8 Å². The SMILES string of the molecule is CC1(C)CN(C(=O)CNCC2CC2)CCO1.Cl. The van der Waals surface area contributed by atoms with Gasteiger partial charge < -0.3 is 15.0 Å². The van der Waals surface area contributed by atoms with Gasteiger partial charge in [-0.25, -0.2) is 0 Å². The lowest BCUT2D eigenvalue weighted by Crippen LogP contribution is -2.52. The van der Waals surface area contributed by atoms with Gasteiger partial charge in [-0.15, -0.1) is 12.4 Å². The number of ether oxygens (including phenoxy) is 1. The first-order valence-electron chi connectivity index (χ1n) is 6.19. The first-order chi connectivity index (χ1) is 7.57. The van der Waals surface area contributed by atoms with Gasteiger partial charge in [-0.1, -0.05) is 0 Å². The maximum absolute atomic E-state index is 11.9. The van der Waals surface area contributed by atoms with E-state index in [2.05, 4.69) is 5.32 Å². The molecule has 1 amide bonds. The number of halogens is 1. The molecular formula is C12H23ClN2O2. The molecule has 2 rings (SSSR count). The molecule has 0 aromatic carbocycles. The van der Waals surface area contributed by atoms with Crippen LogP contribution >= 0.6 is 12.4 Å². The van der Waals surface area contributed by atoms with E-state index in [0.717, 1.165) is 19.0 Å². The minimum atomic E-state index is -0.190. The molecule has 1 saturated carbocycles. The average molecular weight is 263 g/mol. The number of hydrogen-bond donors (Lipinski definition) is 1. The van der Waals surface area contributed by atoms with Crippen LogP contribution in [0.2, 0.25) is 0 Å². The van der Waals surface area contributed by atoms with Crippen LogP contribution in [0.5, 0.6) is 0 Å². The zero-order chi connectivity index (χ0) is 11.6. The Morgan fingerprint density at radius 1 is 1.47 bits per heavy atom. The van der Waals surface area contributed by atoms with E-state index in [1.54, 1.807) is 0 Å². The molecule has 1 N–H and O–H groups in total. The van der Waals surface area contributed by atoms with Crippen molar-refractivity contribution in [1.29, 1.82) is 0 Å². The van der Waals surface area contributed by atoms with Crippen molar-refractivity contribution in [3.8, 4) is 0 Å². The molecule has 0 aromatic rings. The molecule has 17 heavy (non-hydrogen) atoms. The van der Waals surface area contributed by atoms with E-state index in [1.807, 2.05) is 18.7 Å². The molecule has 4 nitrogen and oxygen atoms in total. The molecule has 1 saturated heterocycles. The van der Waals surface area contributed by atoms with E-state index in [-0.39, 0.29) is 23.9 Å². The summed E-state index contributed by atoms with van der Waals surface area (Å²) in [5.41, 5.74) is -0.190. The second kappa shape index (κ2) is 6.03. The summed E-state index contributed by atoms with van der Waals surface area (Å²) in [6, 6.07) is 0. The molecule has 1 aliphatic carbocycles. The third kappa shape index (κ3) is 4.82. The van der Waals surface area contributed by atoms with Gasteiger partial charge in [0.15, 0.2) is 0 Å². The predicted octanol–water partition coefficient (Wildman–Crippen LogP) is 1.05. The topological polar surface area (TPSA) is 41.6 Å². The molecular weight excluding hydrogens is 240 g/mol. The summed E-state index contributed by atoms with van der Waals surface area (Å²) < 4.78 is 5.58. The normalized spacial score (nSPS) is 23.1. The van der Waals surface area contributed by atoms with Crippen LogP contribution in [0.15, 0.2) is 0 Å². The molecule has 0 unspecified atom stereocenters. The highest BCUT2D eigenvalue weighted by Gasteiger charge is 2.29. The number of morpholine rings is 1. The van der Waals surface area contributed by atoms with Gasteiger partial charge in [0.2, 0.25) is 5.91 Å². The maximum atomic E-state index is 11.9. The predicted molar refractivity (Wildman–Crippen MR) is 69.5 cm³/mol. The molecule has 0 bridgehead atoms. The van der Waals surface area contributed by atoms with Crippen molar-refractivity contribution in [3.05, 3.63) is 0 Å². The molecule has 1 aliphatic heterocycles. The Labute approximate surface area is 109 Å². The fourth-order valence-corrected chi connectivity index (χ4v) is 2.05. The monoisotopic (exact) mass is 262 g/mol. The number of carbonyl (C=O) groups is 1. The number of hydrogen-bond acceptors (Lipinski definition) is 3. The molecule has 0 aromatic heterocycles. The third-order valence-corrected chi connectivity index (χ3v) is 3.18. The summed E-state index contributed by atoms with van der Waals surface area (Å²) >= 11 is 0. The number of amides is 1. The number of nitrogens with one attached hydrogen (secondary N) is 1. The molecule has 5 heteroatoms. The standard InChI is InChI=1S/C12H22N2O2.ClH/c1-12(2)9-14(5-6-16-12)11(15)8-13-7-10-3-4-10;/h10,13H,3-9H2,1-2H3;1H. The van der Waals surface area contributed by atoms with Crippen LogP contribution in [0.1, 0.15) is 26.7 Å². The van der Waals surface area contributed by atoms with Crippen molar-refractivity contribution in [2.75, 3.05) is 32.8 Å². The smallest absolute Gasteiger partial charge is 0.236 e. The quantitative estimate of drug-likeness (QED) is 0.823. The summed E-state index contributed by atoms with van der Waals surface area (Å²) in [7, 11) is 0. The Balaban J connectivity index is 0.00000144. The second-order valence-electron chi connectivity index (χ2n) is 5.50. The number of carbonyl (C=O) groups excluding carboxylic acids is 1. The Hall–Kier alpha value is -0.320. The number of rotatable bonds is 4. The summed E-state index contributed by atoms with van der Waals surface area (Å²) in [6.07, 6.45) is 2.65. The fourth-order valence-electron chi connectivity index (χ4n) is 2.05. The van der Waals surface area contributed by atoms with Crippen molar-refractivity contribution < 1.29 is 9.53 Å². The van der Waals surface area contributed by atoms with Crippen molar-refractivity contribution >= 4 is 18.3 Å². The molecule has 2 fully saturated rings. The third-order valence-electron chi connectivity index (χ3n) is 3.18. The maximum Gasteiger partial charge on any atom is 0.236 e. The van der Waals surface area contributed by atoms with Gasteiger partial charge in [0, 0.05) is 13.1 Å². The minimum absolute atomic E-state index is 0. The van der Waals surface area contributed by atoms with Gasteiger partial charge in [-0.05, 0) is 39.2 Å². The van der Waals surface area contributed by atoms with Crippen molar-refractivity contribution in [2.24, 2.45) is 5.92 Å². The van der Waals surface area contributed by atoms with Gasteiger partial charge in [0.1, 0.15) is 0 Å². The van der Waals surface area contributed by atoms with Gasteiger partial charge in [-0.3, -0.25) is 4.79 Å². The van der Waals surface area contributed by atoms with Crippen molar-refractivity contribution in [2.45, 2.75) is 32.3 Å². The van der Waals surface area contributed by atoms with Crippen LogP contribution in [-0.2, 0) is 9.53 Å². The first-order valence-corrected chi connectivity index (χ1v) is 6.19. The summed E-state index contributed by atoms with van der Waals surface area (Å²) in [5, 5.41) is 3.24. The molecule has 2 aliphatic rings. The van der Waals surface area contributed by atoms with E-state index in [9.17, 15) is 4.79 Å². The largest absolute Gasteiger partial charge is 0.372 e. The molecule has 100 valence electrons. The van der Waals surface area contributed by atoms with Gasteiger partial charge >= 0.3 is 0 Å². The van der Waals surface area contributed by atoms with Crippen molar-refractivity contribution in [3.63, 3.8) is 0 Å². The van der Waals surface area contributed by atoms with Crippen LogP contribution in [0.4, 0.5) is 0 Å². The lowest BCUT2D eigenvalue weighted by Gasteiger charge is -2.38. The lowest BCUT2D eigenvalue weighted by molar-refractivity contribution is -0.144. The molecule has 1 heterocycles. The number of nitrogens with zero attached hydrogens (tertiary/aromatic N) is 1. The van der Waals surface area contributed by atoms with Crippen LogP contribution < -0.4 is 5.32 Å². The van der Waals surface area contributed by atoms with Gasteiger partial charge in [0.25, 0.3) is 0 Å². The highest BCUT2D eigenvalue weighted by molar-refractivity contribution is 5.85. The highest BCUT2D eigenvalue weighted by atomic mass is 35.5. The van der Waals surface area contributed by atoms with Gasteiger partial charge in [-0.2, -0.15) is 0 Å². The van der Waals surface area contributed by atoms with E-state index < -0.39 is 0 Å². The summed E-state index contributed by atoms with van der Waals surface area (Å²) in [5.74, 6) is 1.03. The molecule has 0 radical (unpaired) electrons. The summed E-state index contributed by atoms with van der Waals surface area (Å²) in [6.45, 7) is 7.63.